The molecule has 0 aromatic rings. The van der Waals surface area contributed by atoms with Crippen molar-refractivity contribution in [1.29, 1.82) is 0 Å². The first-order chi connectivity index (χ1) is 11.1. The van der Waals surface area contributed by atoms with Crippen molar-refractivity contribution in [2.75, 3.05) is 0 Å². The van der Waals surface area contributed by atoms with Crippen LogP contribution < -0.4 is 0 Å². The summed E-state index contributed by atoms with van der Waals surface area (Å²) >= 11 is 0. The number of carbonyl (C=O) groups is 2. The van der Waals surface area contributed by atoms with Crippen molar-refractivity contribution in [3.63, 3.8) is 0 Å². The minimum atomic E-state index is -0.689. The van der Waals surface area contributed by atoms with Gasteiger partial charge in [0.1, 0.15) is 5.78 Å². The smallest absolute Gasteiger partial charge is 0.165 e. The Kier molecular flexibility index (Phi) is 3.15. The number of hydrogen-bond donors (Lipinski definition) is 2. The molecule has 4 nitrogen and oxygen atoms in total. The van der Waals surface area contributed by atoms with Gasteiger partial charge in [0.25, 0.3) is 0 Å². The molecule has 1 spiro atoms. The molecular weight excluding hydrogens is 304 g/mol. The number of carbonyl (C=O) groups excluding carboxylic acids is 2. The lowest BCUT2D eigenvalue weighted by molar-refractivity contribution is -0.219. The van der Waals surface area contributed by atoms with E-state index in [1.54, 1.807) is 0 Å². The van der Waals surface area contributed by atoms with Gasteiger partial charge in [-0.05, 0) is 42.6 Å². The molecule has 4 aliphatic carbocycles. The van der Waals surface area contributed by atoms with Crippen LogP contribution in [0.2, 0.25) is 0 Å². The maximum absolute atomic E-state index is 13.1. The molecule has 7 atom stereocenters. The van der Waals surface area contributed by atoms with Crippen LogP contribution in [0.25, 0.3) is 0 Å². The standard InChI is InChI=1S/C20H28O4/c1-10-11-7-12(21)16-19(4)6-5-14(23)18(2,3)15(19)13(22)9-20(16,8-11)17(10)24/h11-13,15-16,21-22H,1,5-9H2,2-4H3. The predicted octanol–water partition coefficient (Wildman–Crippen LogP) is 2.28. The fraction of sp³-hybridized carbons (Fsp3) is 0.800. The summed E-state index contributed by atoms with van der Waals surface area (Å²) in [5.74, 6) is -0.106. The van der Waals surface area contributed by atoms with Crippen LogP contribution in [0.5, 0.6) is 0 Å². The van der Waals surface area contributed by atoms with E-state index in [1.165, 1.54) is 0 Å². The Bertz CT molecular complexity index is 650. The van der Waals surface area contributed by atoms with Crippen LogP contribution in [0.15, 0.2) is 12.2 Å². The van der Waals surface area contributed by atoms with E-state index in [2.05, 4.69) is 13.5 Å². The molecule has 2 bridgehead atoms. The molecule has 4 rings (SSSR count). The molecule has 24 heavy (non-hydrogen) atoms. The highest BCUT2D eigenvalue weighted by Gasteiger charge is 2.71. The van der Waals surface area contributed by atoms with Crippen molar-refractivity contribution in [2.45, 2.75) is 65.1 Å². The molecule has 0 aliphatic heterocycles. The van der Waals surface area contributed by atoms with Gasteiger partial charge in [-0.1, -0.05) is 27.4 Å². The number of Topliss-reactive ketones (excluding diaryl/α,β-unsaturated/α-hetero) is 2. The van der Waals surface area contributed by atoms with Gasteiger partial charge >= 0.3 is 0 Å². The van der Waals surface area contributed by atoms with E-state index in [0.717, 1.165) is 0 Å². The zero-order valence-electron chi connectivity index (χ0n) is 14.8. The number of ketones is 2. The molecule has 4 fully saturated rings. The molecule has 0 saturated heterocycles. The molecule has 2 N–H and O–H groups in total. The van der Waals surface area contributed by atoms with E-state index >= 15 is 0 Å². The quantitative estimate of drug-likeness (QED) is 0.667. The van der Waals surface area contributed by atoms with Gasteiger partial charge in [-0.2, -0.15) is 0 Å². The first-order valence-corrected chi connectivity index (χ1v) is 9.19. The minimum Gasteiger partial charge on any atom is -0.393 e. The summed E-state index contributed by atoms with van der Waals surface area (Å²) in [6.07, 6.45) is 1.52. The maximum atomic E-state index is 13.1. The summed E-state index contributed by atoms with van der Waals surface area (Å²) in [5, 5.41) is 22.0. The Hall–Kier alpha value is -1.00. The summed E-state index contributed by atoms with van der Waals surface area (Å²) < 4.78 is 0. The van der Waals surface area contributed by atoms with Crippen LogP contribution in [0, 0.1) is 34.0 Å². The Morgan fingerprint density at radius 1 is 1.04 bits per heavy atom. The summed E-state index contributed by atoms with van der Waals surface area (Å²) in [6, 6.07) is 0. The normalized spacial score (nSPS) is 52.9. The van der Waals surface area contributed by atoms with Crippen molar-refractivity contribution in [3.8, 4) is 0 Å². The first kappa shape index (κ1) is 16.5. The van der Waals surface area contributed by atoms with Crippen LogP contribution in [0.1, 0.15) is 52.9 Å². The van der Waals surface area contributed by atoms with Crippen molar-refractivity contribution in [3.05, 3.63) is 12.2 Å². The van der Waals surface area contributed by atoms with Crippen LogP contribution in [-0.4, -0.2) is 34.0 Å². The second-order valence-electron chi connectivity index (χ2n) is 9.59. The van der Waals surface area contributed by atoms with Gasteiger partial charge in [0, 0.05) is 29.1 Å². The molecular formula is C20H28O4. The summed E-state index contributed by atoms with van der Waals surface area (Å²) in [5.41, 5.74) is -1.07. The van der Waals surface area contributed by atoms with E-state index in [4.69, 9.17) is 0 Å². The second-order valence-corrected chi connectivity index (χ2v) is 9.59. The highest BCUT2D eigenvalue weighted by Crippen LogP contribution is 2.70. The SMILES string of the molecule is C=C1C(=O)C23CC1CC(O)C2C1(C)CCC(=O)C(C)(C)C1C(O)C3. The van der Waals surface area contributed by atoms with E-state index in [1.807, 2.05) is 13.8 Å². The summed E-state index contributed by atoms with van der Waals surface area (Å²) in [6.45, 7) is 9.94. The number of allylic oxidation sites excluding steroid dienone is 1. The third-order valence-corrected chi connectivity index (χ3v) is 8.12. The fourth-order valence-corrected chi connectivity index (χ4v) is 7.44. The Labute approximate surface area is 143 Å². The van der Waals surface area contributed by atoms with E-state index in [-0.39, 0.29) is 29.3 Å². The molecule has 7 unspecified atom stereocenters. The van der Waals surface area contributed by atoms with Crippen LogP contribution in [0.4, 0.5) is 0 Å². The zero-order valence-corrected chi connectivity index (χ0v) is 14.8. The molecule has 4 saturated carbocycles. The summed E-state index contributed by atoms with van der Waals surface area (Å²) in [7, 11) is 0. The maximum Gasteiger partial charge on any atom is 0.165 e. The van der Waals surface area contributed by atoms with Crippen LogP contribution >= 0.6 is 0 Å². The second kappa shape index (κ2) is 4.59. The highest BCUT2D eigenvalue weighted by molar-refractivity contribution is 6.03. The van der Waals surface area contributed by atoms with Gasteiger partial charge in [-0.3, -0.25) is 9.59 Å². The molecule has 0 aromatic carbocycles. The predicted molar refractivity (Wildman–Crippen MR) is 89.0 cm³/mol. The average Bonchev–Trinajstić information content (AvgIpc) is 2.64. The molecule has 4 heteroatoms. The summed E-state index contributed by atoms with van der Waals surface area (Å²) in [4.78, 5) is 25.6. The zero-order chi connectivity index (χ0) is 17.7. The minimum absolute atomic E-state index is 0.0503. The molecule has 0 radical (unpaired) electrons. The molecule has 0 heterocycles. The lowest BCUT2D eigenvalue weighted by Crippen LogP contribution is -2.67. The van der Waals surface area contributed by atoms with E-state index in [9.17, 15) is 19.8 Å². The van der Waals surface area contributed by atoms with Gasteiger partial charge in [0.15, 0.2) is 5.78 Å². The monoisotopic (exact) mass is 332 g/mol. The third-order valence-electron chi connectivity index (χ3n) is 8.12. The lowest BCUT2D eigenvalue weighted by Gasteiger charge is -2.64. The van der Waals surface area contributed by atoms with Gasteiger partial charge in [0.2, 0.25) is 0 Å². The highest BCUT2D eigenvalue weighted by atomic mass is 16.3. The number of hydrogen-bond acceptors (Lipinski definition) is 4. The first-order valence-electron chi connectivity index (χ1n) is 9.19. The van der Waals surface area contributed by atoms with Gasteiger partial charge in [0.05, 0.1) is 12.2 Å². The van der Waals surface area contributed by atoms with E-state index in [0.29, 0.717) is 37.7 Å². The van der Waals surface area contributed by atoms with Crippen molar-refractivity contribution in [2.24, 2.45) is 34.0 Å². The number of rotatable bonds is 0. The number of aliphatic hydroxyl groups is 2. The topological polar surface area (TPSA) is 74.6 Å². The molecule has 132 valence electrons. The Balaban J connectivity index is 1.89. The lowest BCUT2D eigenvalue weighted by atomic mass is 9.39. The van der Waals surface area contributed by atoms with Crippen molar-refractivity contribution >= 4 is 11.6 Å². The largest absolute Gasteiger partial charge is 0.393 e. The average molecular weight is 332 g/mol. The Morgan fingerprint density at radius 2 is 1.71 bits per heavy atom. The number of fused-ring (bicyclic) bond motifs is 3. The Morgan fingerprint density at radius 3 is 2.38 bits per heavy atom. The fourth-order valence-electron chi connectivity index (χ4n) is 7.44. The van der Waals surface area contributed by atoms with E-state index < -0.39 is 28.5 Å². The molecule has 0 amide bonds. The molecule has 4 aliphatic rings. The van der Waals surface area contributed by atoms with Crippen LogP contribution in [-0.2, 0) is 9.59 Å². The number of aliphatic hydroxyl groups excluding tert-OH is 2. The van der Waals surface area contributed by atoms with Crippen molar-refractivity contribution in [1.82, 2.24) is 0 Å². The van der Waals surface area contributed by atoms with Gasteiger partial charge in [-0.15, -0.1) is 0 Å². The van der Waals surface area contributed by atoms with Gasteiger partial charge in [-0.25, -0.2) is 0 Å². The van der Waals surface area contributed by atoms with Crippen LogP contribution in [0.3, 0.4) is 0 Å². The van der Waals surface area contributed by atoms with Gasteiger partial charge < -0.3 is 10.2 Å². The third kappa shape index (κ3) is 1.67. The van der Waals surface area contributed by atoms with Crippen molar-refractivity contribution < 1.29 is 19.8 Å². The molecule has 0 aromatic heterocycles.